The van der Waals surface area contributed by atoms with Crippen molar-refractivity contribution in [2.75, 3.05) is 11.9 Å². The van der Waals surface area contributed by atoms with Gasteiger partial charge in [-0.3, -0.25) is 0 Å². The van der Waals surface area contributed by atoms with Crippen LogP contribution < -0.4 is 11.1 Å². The smallest absolute Gasteiger partial charge is 0.182 e. The maximum Gasteiger partial charge on any atom is 0.182 e. The Labute approximate surface area is 102 Å². The molecule has 0 aliphatic heterocycles. The first-order valence-electron chi connectivity index (χ1n) is 5.81. The van der Waals surface area contributed by atoms with Gasteiger partial charge in [-0.1, -0.05) is 27.7 Å². The third-order valence-electron chi connectivity index (χ3n) is 2.43. The zero-order chi connectivity index (χ0) is 12.2. The summed E-state index contributed by atoms with van der Waals surface area (Å²) in [6.45, 7) is 10.6. The zero-order valence-electron chi connectivity index (χ0n) is 10.7. The molecule has 92 valence electrons. The molecule has 0 amide bonds. The molecule has 1 rings (SSSR count). The van der Waals surface area contributed by atoms with E-state index in [2.05, 4.69) is 38.0 Å². The van der Waals surface area contributed by atoms with Gasteiger partial charge in [-0.15, -0.1) is 11.3 Å². The van der Waals surface area contributed by atoms with E-state index in [1.54, 1.807) is 11.3 Å². The second kappa shape index (κ2) is 5.64. The van der Waals surface area contributed by atoms with Crippen LogP contribution in [0.15, 0.2) is 6.20 Å². The van der Waals surface area contributed by atoms with Gasteiger partial charge in [0.15, 0.2) is 5.13 Å². The van der Waals surface area contributed by atoms with E-state index >= 15 is 0 Å². The van der Waals surface area contributed by atoms with Gasteiger partial charge in [0.05, 0.1) is 0 Å². The van der Waals surface area contributed by atoms with Crippen molar-refractivity contribution >= 4 is 16.5 Å². The maximum atomic E-state index is 5.55. The van der Waals surface area contributed by atoms with E-state index in [1.165, 1.54) is 6.42 Å². The summed E-state index contributed by atoms with van der Waals surface area (Å²) in [6, 6.07) is 0. The van der Waals surface area contributed by atoms with E-state index in [4.69, 9.17) is 5.73 Å². The Morgan fingerprint density at radius 3 is 2.69 bits per heavy atom. The largest absolute Gasteiger partial charge is 0.361 e. The molecule has 0 bridgehead atoms. The lowest BCUT2D eigenvalue weighted by molar-refractivity contribution is 0.306. The van der Waals surface area contributed by atoms with Gasteiger partial charge in [0.2, 0.25) is 0 Å². The van der Waals surface area contributed by atoms with Crippen LogP contribution in [0.5, 0.6) is 0 Å². The molecule has 0 fully saturated rings. The van der Waals surface area contributed by atoms with Crippen molar-refractivity contribution in [1.29, 1.82) is 0 Å². The number of aromatic nitrogens is 1. The Kier molecular flexibility index (Phi) is 4.74. The molecule has 16 heavy (non-hydrogen) atoms. The van der Waals surface area contributed by atoms with Gasteiger partial charge in [-0.25, -0.2) is 4.98 Å². The number of nitrogens with two attached hydrogens (primary N) is 1. The molecule has 3 N–H and O–H groups in total. The van der Waals surface area contributed by atoms with Gasteiger partial charge in [0.25, 0.3) is 0 Å². The molecule has 0 spiro atoms. The summed E-state index contributed by atoms with van der Waals surface area (Å²) >= 11 is 1.65. The Balaban J connectivity index is 2.44. The predicted octanol–water partition coefficient (Wildman–Crippen LogP) is 3.09. The molecular weight excluding hydrogens is 218 g/mol. The molecule has 0 unspecified atom stereocenters. The fraction of sp³-hybridized carbons (Fsp3) is 0.750. The first kappa shape index (κ1) is 13.5. The van der Waals surface area contributed by atoms with Crippen LogP contribution in [0.1, 0.15) is 39.0 Å². The molecule has 0 aliphatic carbocycles. The number of rotatable bonds is 6. The number of nitrogens with one attached hydrogen (secondary N) is 1. The highest BCUT2D eigenvalue weighted by Gasteiger charge is 2.19. The molecular formula is C12H23N3S. The molecule has 1 aromatic rings. The van der Waals surface area contributed by atoms with Gasteiger partial charge in [0, 0.05) is 24.2 Å². The lowest BCUT2D eigenvalue weighted by Gasteiger charge is -2.26. The summed E-state index contributed by atoms with van der Waals surface area (Å²) < 4.78 is 0. The molecule has 0 aromatic carbocycles. The lowest BCUT2D eigenvalue weighted by Crippen LogP contribution is -2.24. The van der Waals surface area contributed by atoms with Crippen LogP contribution in [0.4, 0.5) is 5.13 Å². The molecule has 0 atom stereocenters. The highest BCUT2D eigenvalue weighted by atomic mass is 32.1. The summed E-state index contributed by atoms with van der Waals surface area (Å²) in [7, 11) is 0. The Hall–Kier alpha value is -0.610. The third-order valence-corrected chi connectivity index (χ3v) is 3.41. The van der Waals surface area contributed by atoms with Crippen LogP contribution in [0.3, 0.4) is 0 Å². The van der Waals surface area contributed by atoms with Crippen molar-refractivity contribution < 1.29 is 0 Å². The SMILES string of the molecule is CC(C)CC(C)(C)CNc1ncc(CN)s1. The monoisotopic (exact) mass is 241 g/mol. The number of thiazole rings is 1. The quantitative estimate of drug-likeness (QED) is 0.804. The van der Waals surface area contributed by atoms with E-state index in [-0.39, 0.29) is 0 Å². The minimum atomic E-state index is 0.308. The molecule has 0 radical (unpaired) electrons. The van der Waals surface area contributed by atoms with Crippen LogP contribution in [0.25, 0.3) is 0 Å². The van der Waals surface area contributed by atoms with Crippen LogP contribution in [0, 0.1) is 11.3 Å². The van der Waals surface area contributed by atoms with Crippen LogP contribution >= 0.6 is 11.3 Å². The molecule has 4 heteroatoms. The highest BCUT2D eigenvalue weighted by Crippen LogP contribution is 2.26. The van der Waals surface area contributed by atoms with E-state index in [1.807, 2.05) is 6.20 Å². The van der Waals surface area contributed by atoms with Crippen LogP contribution in [-0.2, 0) is 6.54 Å². The summed E-state index contributed by atoms with van der Waals surface area (Å²) in [5.74, 6) is 0.729. The van der Waals surface area contributed by atoms with Crippen molar-refractivity contribution in [3.63, 3.8) is 0 Å². The summed E-state index contributed by atoms with van der Waals surface area (Å²) in [4.78, 5) is 5.43. The fourth-order valence-corrected chi connectivity index (χ4v) is 2.66. The Morgan fingerprint density at radius 1 is 1.50 bits per heavy atom. The standard InChI is InChI=1S/C12H23N3S/c1-9(2)5-12(3,4)8-15-11-14-7-10(6-13)16-11/h7,9H,5-6,8,13H2,1-4H3,(H,14,15). The molecule has 1 aromatic heterocycles. The van der Waals surface area contributed by atoms with Gasteiger partial charge >= 0.3 is 0 Å². The molecule has 3 nitrogen and oxygen atoms in total. The number of anilines is 1. The zero-order valence-corrected chi connectivity index (χ0v) is 11.5. The number of hydrogen-bond acceptors (Lipinski definition) is 4. The topological polar surface area (TPSA) is 50.9 Å². The second-order valence-electron chi connectivity index (χ2n) is 5.45. The van der Waals surface area contributed by atoms with Gasteiger partial charge in [-0.05, 0) is 17.8 Å². The van der Waals surface area contributed by atoms with Gasteiger partial charge in [-0.2, -0.15) is 0 Å². The third kappa shape index (κ3) is 4.49. The minimum absolute atomic E-state index is 0.308. The first-order chi connectivity index (χ1) is 7.43. The molecule has 0 saturated carbocycles. The van der Waals surface area contributed by atoms with Gasteiger partial charge in [0.1, 0.15) is 0 Å². The van der Waals surface area contributed by atoms with Crippen LogP contribution in [-0.4, -0.2) is 11.5 Å². The van der Waals surface area contributed by atoms with E-state index in [0.717, 1.165) is 22.5 Å². The molecule has 0 saturated heterocycles. The van der Waals surface area contributed by atoms with Crippen LogP contribution in [0.2, 0.25) is 0 Å². The van der Waals surface area contributed by atoms with E-state index in [0.29, 0.717) is 12.0 Å². The van der Waals surface area contributed by atoms with Crippen molar-refractivity contribution in [2.45, 2.75) is 40.7 Å². The summed E-state index contributed by atoms with van der Waals surface area (Å²) in [5.41, 5.74) is 5.86. The average Bonchev–Trinajstić information content (AvgIpc) is 2.60. The van der Waals surface area contributed by atoms with Crippen molar-refractivity contribution in [3.8, 4) is 0 Å². The predicted molar refractivity (Wildman–Crippen MR) is 71.7 cm³/mol. The highest BCUT2D eigenvalue weighted by molar-refractivity contribution is 7.15. The first-order valence-corrected chi connectivity index (χ1v) is 6.63. The van der Waals surface area contributed by atoms with Gasteiger partial charge < -0.3 is 11.1 Å². The minimum Gasteiger partial charge on any atom is -0.361 e. The second-order valence-corrected chi connectivity index (χ2v) is 6.57. The Bertz CT molecular complexity index is 318. The summed E-state index contributed by atoms with van der Waals surface area (Å²) in [6.07, 6.45) is 3.07. The fourth-order valence-electron chi connectivity index (χ4n) is 1.98. The normalized spacial score (nSPS) is 12.1. The van der Waals surface area contributed by atoms with Crippen molar-refractivity contribution in [3.05, 3.63) is 11.1 Å². The lowest BCUT2D eigenvalue weighted by atomic mass is 9.84. The molecule has 1 heterocycles. The average molecular weight is 241 g/mol. The number of nitrogens with zero attached hydrogens (tertiary/aromatic N) is 1. The Morgan fingerprint density at radius 2 is 2.19 bits per heavy atom. The summed E-state index contributed by atoms with van der Waals surface area (Å²) in [5, 5.41) is 4.38. The maximum absolute atomic E-state index is 5.55. The molecule has 0 aliphatic rings. The van der Waals surface area contributed by atoms with E-state index in [9.17, 15) is 0 Å². The van der Waals surface area contributed by atoms with Crippen molar-refractivity contribution in [2.24, 2.45) is 17.1 Å². The number of hydrogen-bond donors (Lipinski definition) is 2. The van der Waals surface area contributed by atoms with Crippen molar-refractivity contribution in [1.82, 2.24) is 4.98 Å². The van der Waals surface area contributed by atoms with E-state index < -0.39 is 0 Å².